The van der Waals surface area contributed by atoms with Crippen LogP contribution in [-0.4, -0.2) is 11.0 Å². The van der Waals surface area contributed by atoms with Gasteiger partial charge >= 0.3 is 0 Å². The van der Waals surface area contributed by atoms with Gasteiger partial charge in [0.1, 0.15) is 5.69 Å². The molecule has 1 aromatic carbocycles. The fourth-order valence-corrected chi connectivity index (χ4v) is 2.81. The lowest BCUT2D eigenvalue weighted by molar-refractivity contribution is -0.383. The predicted octanol–water partition coefficient (Wildman–Crippen LogP) is 3.41. The van der Waals surface area contributed by atoms with Gasteiger partial charge in [-0.25, -0.2) is 0 Å². The first-order valence-electron chi connectivity index (χ1n) is 6.79. The largest absolute Gasteiger partial charge is 0.393 e. The normalized spacial score (nSPS) is 26.9. The average Bonchev–Trinajstić information content (AvgIpc) is 2.34. The average molecular weight is 263 g/mol. The molecule has 3 unspecified atom stereocenters. The van der Waals surface area contributed by atoms with Crippen LogP contribution in [0.5, 0.6) is 0 Å². The van der Waals surface area contributed by atoms with Gasteiger partial charge in [0.15, 0.2) is 0 Å². The van der Waals surface area contributed by atoms with E-state index in [1.165, 1.54) is 18.9 Å². The first-order valence-corrected chi connectivity index (χ1v) is 6.79. The number of hydrogen-bond donors (Lipinski definition) is 2. The van der Waals surface area contributed by atoms with Crippen molar-refractivity contribution in [1.82, 2.24) is 0 Å². The van der Waals surface area contributed by atoms with E-state index in [4.69, 9.17) is 5.73 Å². The molecular formula is C14H21N3O2. The molecule has 0 radical (unpaired) electrons. The number of anilines is 2. The fraction of sp³-hybridized carbons (Fsp3) is 0.571. The summed E-state index contributed by atoms with van der Waals surface area (Å²) in [5.41, 5.74) is 6.76. The van der Waals surface area contributed by atoms with Crippen LogP contribution in [0, 0.1) is 22.0 Å². The van der Waals surface area contributed by atoms with E-state index in [2.05, 4.69) is 19.2 Å². The van der Waals surface area contributed by atoms with E-state index >= 15 is 0 Å². The molecule has 19 heavy (non-hydrogen) atoms. The summed E-state index contributed by atoms with van der Waals surface area (Å²) in [5, 5.41) is 14.2. The maximum absolute atomic E-state index is 10.7. The molecule has 0 bridgehead atoms. The molecule has 104 valence electrons. The van der Waals surface area contributed by atoms with E-state index in [0.29, 0.717) is 17.9 Å². The minimum absolute atomic E-state index is 0.0318. The monoisotopic (exact) mass is 263 g/mol. The van der Waals surface area contributed by atoms with Crippen LogP contribution in [0.4, 0.5) is 17.1 Å². The maximum atomic E-state index is 10.7. The number of benzene rings is 1. The van der Waals surface area contributed by atoms with Gasteiger partial charge in [0, 0.05) is 17.8 Å². The van der Waals surface area contributed by atoms with Gasteiger partial charge in [-0.3, -0.25) is 10.1 Å². The van der Waals surface area contributed by atoms with E-state index in [-0.39, 0.29) is 11.4 Å². The molecule has 5 nitrogen and oxygen atoms in total. The number of rotatable bonds is 3. The molecule has 1 aromatic rings. The first kappa shape index (κ1) is 13.6. The van der Waals surface area contributed by atoms with Crippen LogP contribution in [0.1, 0.15) is 33.1 Å². The third kappa shape index (κ3) is 2.97. The van der Waals surface area contributed by atoms with E-state index < -0.39 is 4.92 Å². The Bertz CT molecular complexity index is 476. The topological polar surface area (TPSA) is 81.2 Å². The van der Waals surface area contributed by atoms with Gasteiger partial charge in [-0.2, -0.15) is 0 Å². The Morgan fingerprint density at radius 2 is 2.11 bits per heavy atom. The summed E-state index contributed by atoms with van der Waals surface area (Å²) in [6, 6.07) is 5.28. The van der Waals surface area contributed by atoms with Crippen molar-refractivity contribution in [3.05, 3.63) is 28.3 Å². The summed E-state index contributed by atoms with van der Waals surface area (Å²) in [6.45, 7) is 4.54. The van der Waals surface area contributed by atoms with E-state index in [1.54, 1.807) is 12.1 Å². The number of nitro groups is 1. The minimum Gasteiger partial charge on any atom is -0.393 e. The molecule has 5 heteroatoms. The Labute approximate surface area is 113 Å². The molecular weight excluding hydrogens is 242 g/mol. The molecule has 0 saturated heterocycles. The highest BCUT2D eigenvalue weighted by Gasteiger charge is 2.27. The number of hydrogen-bond acceptors (Lipinski definition) is 4. The van der Waals surface area contributed by atoms with Crippen molar-refractivity contribution < 1.29 is 4.92 Å². The Hall–Kier alpha value is -1.78. The zero-order chi connectivity index (χ0) is 14.0. The lowest BCUT2D eigenvalue weighted by Crippen LogP contribution is -2.35. The number of nitro benzene ring substituents is 1. The van der Waals surface area contributed by atoms with Crippen molar-refractivity contribution in [3.63, 3.8) is 0 Å². The van der Waals surface area contributed by atoms with Gasteiger partial charge in [0.05, 0.1) is 4.92 Å². The van der Waals surface area contributed by atoms with Crippen molar-refractivity contribution in [2.24, 2.45) is 11.8 Å². The third-order valence-corrected chi connectivity index (χ3v) is 4.28. The van der Waals surface area contributed by atoms with Gasteiger partial charge in [0.25, 0.3) is 5.69 Å². The van der Waals surface area contributed by atoms with Crippen LogP contribution < -0.4 is 11.1 Å². The summed E-state index contributed by atoms with van der Waals surface area (Å²) in [4.78, 5) is 10.3. The number of nitrogen functional groups attached to an aromatic ring is 1. The summed E-state index contributed by atoms with van der Waals surface area (Å²) < 4.78 is 0. The van der Waals surface area contributed by atoms with Crippen LogP contribution in [0.15, 0.2) is 18.2 Å². The van der Waals surface area contributed by atoms with Gasteiger partial charge in [0.2, 0.25) is 0 Å². The zero-order valence-corrected chi connectivity index (χ0v) is 11.4. The summed E-state index contributed by atoms with van der Waals surface area (Å²) >= 11 is 0. The Kier molecular flexibility index (Phi) is 3.93. The Morgan fingerprint density at radius 3 is 2.74 bits per heavy atom. The molecule has 1 aliphatic carbocycles. The highest BCUT2D eigenvalue weighted by molar-refractivity contribution is 5.66. The van der Waals surface area contributed by atoms with E-state index in [9.17, 15) is 10.1 Å². The maximum Gasteiger partial charge on any atom is 0.292 e. The predicted molar refractivity (Wildman–Crippen MR) is 77.1 cm³/mol. The number of nitrogens with one attached hydrogen (secondary N) is 1. The Morgan fingerprint density at radius 1 is 1.37 bits per heavy atom. The number of nitrogens with two attached hydrogens (primary N) is 1. The minimum atomic E-state index is -0.454. The summed E-state index contributed by atoms with van der Waals surface area (Å²) in [7, 11) is 0. The van der Waals surface area contributed by atoms with Gasteiger partial charge in [-0.1, -0.05) is 26.7 Å². The molecule has 0 aliphatic heterocycles. The van der Waals surface area contributed by atoms with Gasteiger partial charge in [-0.05, 0) is 30.4 Å². The molecule has 1 fully saturated rings. The van der Waals surface area contributed by atoms with Crippen molar-refractivity contribution in [2.75, 3.05) is 11.1 Å². The smallest absolute Gasteiger partial charge is 0.292 e. The fourth-order valence-electron chi connectivity index (χ4n) is 2.81. The van der Waals surface area contributed by atoms with Crippen molar-refractivity contribution in [1.29, 1.82) is 0 Å². The lowest BCUT2D eigenvalue weighted by Gasteiger charge is -2.35. The zero-order valence-electron chi connectivity index (χ0n) is 11.4. The standard InChI is InChI=1S/C14H21N3O2/c1-9-4-3-5-13(10(9)2)16-11-6-7-14(17(18)19)12(15)8-11/h6-10,13,16H,3-5,15H2,1-2H3. The second kappa shape index (κ2) is 5.47. The SMILES string of the molecule is CC1CCCC(Nc2ccc([N+](=O)[O-])c(N)c2)C1C. The molecule has 3 atom stereocenters. The van der Waals surface area contributed by atoms with Crippen LogP contribution in [0.25, 0.3) is 0 Å². The van der Waals surface area contributed by atoms with Crippen LogP contribution in [0.2, 0.25) is 0 Å². The van der Waals surface area contributed by atoms with Crippen LogP contribution in [-0.2, 0) is 0 Å². The van der Waals surface area contributed by atoms with Crippen molar-refractivity contribution in [2.45, 2.75) is 39.2 Å². The van der Waals surface area contributed by atoms with Gasteiger partial charge < -0.3 is 11.1 Å². The van der Waals surface area contributed by atoms with Crippen LogP contribution >= 0.6 is 0 Å². The van der Waals surface area contributed by atoms with E-state index in [0.717, 1.165) is 12.1 Å². The van der Waals surface area contributed by atoms with Crippen LogP contribution in [0.3, 0.4) is 0 Å². The third-order valence-electron chi connectivity index (χ3n) is 4.28. The first-order chi connectivity index (χ1) is 8.99. The molecule has 3 N–H and O–H groups in total. The second-order valence-corrected chi connectivity index (χ2v) is 5.55. The Balaban J connectivity index is 2.11. The quantitative estimate of drug-likeness (QED) is 0.497. The highest BCUT2D eigenvalue weighted by Crippen LogP contribution is 2.32. The lowest BCUT2D eigenvalue weighted by atomic mass is 9.78. The molecule has 0 spiro atoms. The molecule has 0 aromatic heterocycles. The molecule has 1 saturated carbocycles. The van der Waals surface area contributed by atoms with Crippen molar-refractivity contribution >= 4 is 17.1 Å². The summed E-state index contributed by atoms with van der Waals surface area (Å²) in [5.74, 6) is 1.31. The number of nitrogens with zero attached hydrogens (tertiary/aromatic N) is 1. The van der Waals surface area contributed by atoms with Gasteiger partial charge in [-0.15, -0.1) is 0 Å². The highest BCUT2D eigenvalue weighted by atomic mass is 16.6. The molecule has 1 aliphatic rings. The molecule has 2 rings (SSSR count). The van der Waals surface area contributed by atoms with E-state index in [1.807, 2.05) is 0 Å². The summed E-state index contributed by atoms with van der Waals surface area (Å²) in [6.07, 6.45) is 3.65. The second-order valence-electron chi connectivity index (χ2n) is 5.55. The van der Waals surface area contributed by atoms with Crippen molar-refractivity contribution in [3.8, 4) is 0 Å². The molecule has 0 amide bonds. The molecule has 0 heterocycles.